The third-order valence-corrected chi connectivity index (χ3v) is 2.05. The molecule has 0 fully saturated rings. The quantitative estimate of drug-likeness (QED) is 0.884. The minimum absolute atomic E-state index is 0. The molecule has 0 aromatic heterocycles. The number of hydrogen-bond donors (Lipinski definition) is 2. The number of rotatable bonds is 3. The lowest BCUT2D eigenvalue weighted by Gasteiger charge is -2.12. The third kappa shape index (κ3) is 4.24. The van der Waals surface area contributed by atoms with Gasteiger partial charge < -0.3 is 10.8 Å². The lowest BCUT2D eigenvalue weighted by molar-refractivity contribution is -0.138. The van der Waals surface area contributed by atoms with Crippen molar-refractivity contribution in [3.63, 3.8) is 0 Å². The molecule has 96 valence electrons. The van der Waals surface area contributed by atoms with E-state index < -0.39 is 17.7 Å². The summed E-state index contributed by atoms with van der Waals surface area (Å²) in [4.78, 5) is 10.4. The van der Waals surface area contributed by atoms with Crippen LogP contribution >= 0.6 is 12.4 Å². The molecule has 1 aromatic rings. The molecule has 1 aromatic carbocycles. The highest BCUT2D eigenvalue weighted by Gasteiger charge is 2.32. The molecule has 0 saturated heterocycles. The maximum absolute atomic E-state index is 12.5. The average Bonchev–Trinajstić information content (AvgIpc) is 2.14. The minimum Gasteiger partial charge on any atom is -0.481 e. The number of alkyl halides is 3. The van der Waals surface area contributed by atoms with Gasteiger partial charge in [-0.15, -0.1) is 12.4 Å². The first-order valence-electron chi connectivity index (χ1n) is 4.45. The van der Waals surface area contributed by atoms with Crippen LogP contribution in [0.5, 0.6) is 0 Å². The van der Waals surface area contributed by atoms with Crippen LogP contribution < -0.4 is 5.73 Å². The number of aliphatic carboxylic acids is 1. The molecule has 17 heavy (non-hydrogen) atoms. The fourth-order valence-electron chi connectivity index (χ4n) is 1.38. The van der Waals surface area contributed by atoms with E-state index in [0.29, 0.717) is 5.56 Å². The summed E-state index contributed by atoms with van der Waals surface area (Å²) >= 11 is 0. The molecule has 1 rings (SSSR count). The highest BCUT2D eigenvalue weighted by molar-refractivity contribution is 5.85. The Bertz CT molecular complexity index is 407. The fourth-order valence-corrected chi connectivity index (χ4v) is 1.38. The fraction of sp³-hybridized carbons (Fsp3) is 0.300. The van der Waals surface area contributed by atoms with Crippen LogP contribution in [-0.2, 0) is 23.9 Å². The summed E-state index contributed by atoms with van der Waals surface area (Å²) in [6.45, 7) is -0.275. The largest absolute Gasteiger partial charge is 0.481 e. The maximum atomic E-state index is 12.5. The minimum atomic E-state index is -4.46. The van der Waals surface area contributed by atoms with Crippen molar-refractivity contribution in [1.29, 1.82) is 0 Å². The van der Waals surface area contributed by atoms with E-state index in [9.17, 15) is 18.0 Å². The highest BCUT2D eigenvalue weighted by Crippen LogP contribution is 2.32. The number of hydrogen-bond acceptors (Lipinski definition) is 2. The molecule has 0 aliphatic carbocycles. The van der Waals surface area contributed by atoms with Gasteiger partial charge in [0.25, 0.3) is 0 Å². The van der Waals surface area contributed by atoms with Gasteiger partial charge in [-0.2, -0.15) is 13.2 Å². The first kappa shape index (κ1) is 15.7. The van der Waals surface area contributed by atoms with Crippen LogP contribution in [0.15, 0.2) is 18.2 Å². The second kappa shape index (κ2) is 5.88. The number of nitrogens with two attached hydrogens (primary N) is 1. The second-order valence-corrected chi connectivity index (χ2v) is 3.26. The van der Waals surface area contributed by atoms with Crippen molar-refractivity contribution in [3.05, 3.63) is 34.9 Å². The summed E-state index contributed by atoms with van der Waals surface area (Å²) in [5, 5.41) is 8.51. The zero-order chi connectivity index (χ0) is 12.3. The lowest BCUT2D eigenvalue weighted by Crippen LogP contribution is -2.13. The first-order valence-corrected chi connectivity index (χ1v) is 4.45. The zero-order valence-electron chi connectivity index (χ0n) is 8.62. The van der Waals surface area contributed by atoms with Crippen LogP contribution in [0.1, 0.15) is 16.7 Å². The van der Waals surface area contributed by atoms with Crippen molar-refractivity contribution >= 4 is 18.4 Å². The Hall–Kier alpha value is -1.27. The van der Waals surface area contributed by atoms with Crippen molar-refractivity contribution in [2.24, 2.45) is 5.73 Å². The van der Waals surface area contributed by atoms with Gasteiger partial charge in [0.2, 0.25) is 0 Å². The maximum Gasteiger partial charge on any atom is 0.416 e. The van der Waals surface area contributed by atoms with E-state index in [2.05, 4.69) is 0 Å². The van der Waals surface area contributed by atoms with Gasteiger partial charge in [-0.3, -0.25) is 4.79 Å². The van der Waals surface area contributed by atoms with Crippen molar-refractivity contribution in [2.75, 3.05) is 0 Å². The van der Waals surface area contributed by atoms with E-state index in [1.54, 1.807) is 0 Å². The first-order chi connectivity index (χ1) is 7.34. The number of carboxylic acids is 1. The van der Waals surface area contributed by atoms with E-state index in [1.165, 1.54) is 6.07 Å². The molecule has 0 bridgehead atoms. The Balaban J connectivity index is 0.00000256. The Morgan fingerprint density at radius 3 is 2.35 bits per heavy atom. The van der Waals surface area contributed by atoms with Crippen molar-refractivity contribution in [3.8, 4) is 0 Å². The molecule has 7 heteroatoms. The smallest absolute Gasteiger partial charge is 0.416 e. The van der Waals surface area contributed by atoms with Crippen LogP contribution in [0, 0.1) is 0 Å². The molecule has 0 radical (unpaired) electrons. The van der Waals surface area contributed by atoms with Gasteiger partial charge in [-0.25, -0.2) is 0 Å². The molecule has 0 amide bonds. The lowest BCUT2D eigenvalue weighted by atomic mass is 10.0. The van der Waals surface area contributed by atoms with E-state index in [1.807, 2.05) is 0 Å². The topological polar surface area (TPSA) is 63.3 Å². The molecule has 0 aliphatic heterocycles. The molecule has 3 N–H and O–H groups in total. The zero-order valence-corrected chi connectivity index (χ0v) is 9.44. The summed E-state index contributed by atoms with van der Waals surface area (Å²) in [6, 6.07) is 3.19. The van der Waals surface area contributed by atoms with Crippen LogP contribution in [-0.4, -0.2) is 11.1 Å². The molecule has 0 aliphatic rings. The predicted octanol–water partition coefficient (Wildman–Crippen LogP) is 2.21. The Morgan fingerprint density at radius 1 is 1.35 bits per heavy atom. The van der Waals surface area contributed by atoms with Crippen molar-refractivity contribution in [2.45, 2.75) is 19.1 Å². The van der Waals surface area contributed by atoms with E-state index >= 15 is 0 Å². The summed E-state index contributed by atoms with van der Waals surface area (Å²) < 4.78 is 37.4. The Labute approximate surface area is 102 Å². The molecule has 0 saturated carbocycles. The van der Waals surface area contributed by atoms with Crippen LogP contribution in [0.4, 0.5) is 13.2 Å². The van der Waals surface area contributed by atoms with Gasteiger partial charge in [0, 0.05) is 6.54 Å². The average molecular weight is 270 g/mol. The molecule has 0 heterocycles. The number of benzene rings is 1. The summed E-state index contributed by atoms with van der Waals surface area (Å²) in [6.07, 6.45) is -4.78. The molecule has 3 nitrogen and oxygen atoms in total. The Kier molecular flexibility index (Phi) is 5.44. The summed E-state index contributed by atoms with van der Waals surface area (Å²) in [5.41, 5.74) is 4.60. The van der Waals surface area contributed by atoms with Gasteiger partial charge in [-0.1, -0.05) is 12.1 Å². The van der Waals surface area contributed by atoms with Gasteiger partial charge in [0.15, 0.2) is 0 Å². The standard InChI is InChI=1S/C10H10F3NO2.ClH/c11-10(12,13)8-2-1-6(4-9(15)16)3-7(8)5-14;/h1-3H,4-5,14H2,(H,15,16);1H. The highest BCUT2D eigenvalue weighted by atomic mass is 35.5. The molecule has 0 unspecified atom stereocenters. The SMILES string of the molecule is Cl.NCc1cc(CC(=O)O)ccc1C(F)(F)F. The monoisotopic (exact) mass is 269 g/mol. The van der Waals surface area contributed by atoms with E-state index in [-0.39, 0.29) is 30.9 Å². The van der Waals surface area contributed by atoms with E-state index in [4.69, 9.17) is 10.8 Å². The summed E-state index contributed by atoms with van der Waals surface area (Å²) in [7, 11) is 0. The number of carboxylic acid groups (broad SMARTS) is 1. The third-order valence-electron chi connectivity index (χ3n) is 2.05. The van der Waals surface area contributed by atoms with Crippen molar-refractivity contribution < 1.29 is 23.1 Å². The molecular weight excluding hydrogens is 259 g/mol. The van der Waals surface area contributed by atoms with Gasteiger partial charge in [0.05, 0.1) is 12.0 Å². The second-order valence-electron chi connectivity index (χ2n) is 3.26. The van der Waals surface area contributed by atoms with Gasteiger partial charge >= 0.3 is 12.1 Å². The number of carbonyl (C=O) groups is 1. The van der Waals surface area contributed by atoms with E-state index in [0.717, 1.165) is 12.1 Å². The molecular formula is C10H11ClF3NO2. The van der Waals surface area contributed by atoms with Crippen LogP contribution in [0.2, 0.25) is 0 Å². The normalized spacial score (nSPS) is 10.8. The molecule has 0 atom stereocenters. The van der Waals surface area contributed by atoms with Gasteiger partial charge in [0.1, 0.15) is 0 Å². The van der Waals surface area contributed by atoms with Crippen LogP contribution in [0.3, 0.4) is 0 Å². The molecule has 0 spiro atoms. The summed E-state index contributed by atoms with van der Waals surface area (Å²) in [5.74, 6) is -1.09. The Morgan fingerprint density at radius 2 is 1.94 bits per heavy atom. The van der Waals surface area contributed by atoms with Crippen LogP contribution in [0.25, 0.3) is 0 Å². The number of halogens is 4. The predicted molar refractivity (Wildman–Crippen MR) is 57.9 cm³/mol. The van der Waals surface area contributed by atoms with Gasteiger partial charge in [-0.05, 0) is 17.2 Å². The van der Waals surface area contributed by atoms with Crippen molar-refractivity contribution in [1.82, 2.24) is 0 Å².